The lowest BCUT2D eigenvalue weighted by Crippen LogP contribution is -2.19. The quantitative estimate of drug-likeness (QED) is 0.683. The summed E-state index contributed by atoms with van der Waals surface area (Å²) < 4.78 is 71.5. The van der Waals surface area contributed by atoms with Gasteiger partial charge in [-0.05, 0) is 17.7 Å². The first-order valence-electron chi connectivity index (χ1n) is 6.70. The number of benzene rings is 2. The van der Waals surface area contributed by atoms with Crippen LogP contribution in [0.5, 0.6) is 0 Å². The van der Waals surface area contributed by atoms with Crippen molar-refractivity contribution in [2.45, 2.75) is 17.9 Å². The lowest BCUT2D eigenvalue weighted by Gasteiger charge is -2.14. The monoisotopic (exact) mass is 330 g/mol. The second kappa shape index (κ2) is 5.28. The zero-order valence-electron chi connectivity index (χ0n) is 11.6. The number of halogens is 5. The number of rotatable bonds is 3. The molecule has 1 saturated heterocycles. The van der Waals surface area contributed by atoms with Gasteiger partial charge in [-0.2, -0.15) is 13.2 Å². The first-order chi connectivity index (χ1) is 10.8. The van der Waals surface area contributed by atoms with Crippen LogP contribution in [-0.4, -0.2) is 11.7 Å². The zero-order chi connectivity index (χ0) is 16.8. The van der Waals surface area contributed by atoms with E-state index in [9.17, 15) is 27.1 Å². The molecule has 0 bridgehead atoms. The molecule has 1 N–H and O–H groups in total. The summed E-state index contributed by atoms with van der Waals surface area (Å²) in [6, 6.07) is 7.36. The summed E-state index contributed by atoms with van der Waals surface area (Å²) in [4.78, 5) is 0. The van der Waals surface area contributed by atoms with E-state index >= 15 is 0 Å². The third-order valence-corrected chi connectivity index (χ3v) is 3.87. The molecule has 0 amide bonds. The Labute approximate surface area is 128 Å². The van der Waals surface area contributed by atoms with Crippen molar-refractivity contribution < 1.29 is 31.8 Å². The molecular weight excluding hydrogens is 319 g/mol. The van der Waals surface area contributed by atoms with Crippen molar-refractivity contribution in [2.75, 3.05) is 6.61 Å². The Morgan fingerprint density at radius 2 is 1.78 bits per heavy atom. The predicted molar refractivity (Wildman–Crippen MR) is 70.4 cm³/mol. The smallest absolute Gasteiger partial charge is 0.393 e. The molecule has 1 heterocycles. The van der Waals surface area contributed by atoms with E-state index in [2.05, 4.69) is 0 Å². The van der Waals surface area contributed by atoms with E-state index < -0.39 is 41.7 Å². The standard InChI is InChI=1S/C16H11F5O2/c17-9-5-6-12(13(18)7-9)15(8-22)14(23-15)10-3-1-2-4-11(10)16(19,20)21/h1-7,14,22H,8H2. The van der Waals surface area contributed by atoms with Gasteiger partial charge in [0.1, 0.15) is 17.7 Å². The van der Waals surface area contributed by atoms with E-state index in [4.69, 9.17) is 4.74 Å². The lowest BCUT2D eigenvalue weighted by molar-refractivity contribution is -0.138. The molecule has 2 atom stereocenters. The van der Waals surface area contributed by atoms with Crippen LogP contribution in [0.1, 0.15) is 22.8 Å². The number of ether oxygens (including phenoxy) is 1. The van der Waals surface area contributed by atoms with Gasteiger partial charge in [-0.1, -0.05) is 24.3 Å². The fourth-order valence-corrected chi connectivity index (χ4v) is 2.72. The summed E-state index contributed by atoms with van der Waals surface area (Å²) >= 11 is 0. The molecule has 1 aliphatic rings. The molecule has 2 aromatic rings. The molecule has 2 unspecified atom stereocenters. The molecule has 2 nitrogen and oxygen atoms in total. The van der Waals surface area contributed by atoms with E-state index in [0.29, 0.717) is 6.07 Å². The maximum Gasteiger partial charge on any atom is 0.416 e. The minimum absolute atomic E-state index is 0.177. The third-order valence-electron chi connectivity index (χ3n) is 3.87. The minimum atomic E-state index is -4.61. The van der Waals surface area contributed by atoms with Crippen LogP contribution < -0.4 is 0 Å². The van der Waals surface area contributed by atoms with Gasteiger partial charge >= 0.3 is 6.18 Å². The molecule has 0 aliphatic carbocycles. The van der Waals surface area contributed by atoms with Crippen molar-refractivity contribution in [2.24, 2.45) is 0 Å². The normalized spacial score (nSPS) is 23.8. The number of aliphatic hydroxyl groups excluding tert-OH is 1. The van der Waals surface area contributed by atoms with Gasteiger partial charge in [-0.15, -0.1) is 0 Å². The molecular formula is C16H11F5O2. The predicted octanol–water partition coefficient (Wildman–Crippen LogP) is 3.94. The zero-order valence-corrected chi connectivity index (χ0v) is 11.6. The van der Waals surface area contributed by atoms with Crippen LogP contribution in [0.2, 0.25) is 0 Å². The maximum absolute atomic E-state index is 13.9. The molecule has 3 rings (SSSR count). The highest BCUT2D eigenvalue weighted by Gasteiger charge is 2.61. The Balaban J connectivity index is 2.05. The van der Waals surface area contributed by atoms with Crippen LogP contribution in [0.25, 0.3) is 0 Å². The van der Waals surface area contributed by atoms with Gasteiger partial charge in [0.25, 0.3) is 0 Å². The number of aliphatic hydroxyl groups is 1. The van der Waals surface area contributed by atoms with Gasteiger partial charge in [0, 0.05) is 11.6 Å². The molecule has 0 saturated carbocycles. The fraction of sp³-hybridized carbons (Fsp3) is 0.250. The Morgan fingerprint density at radius 3 is 2.39 bits per heavy atom. The molecule has 0 radical (unpaired) electrons. The molecule has 1 aliphatic heterocycles. The van der Waals surface area contributed by atoms with Gasteiger partial charge < -0.3 is 9.84 Å². The first kappa shape index (κ1) is 15.9. The first-order valence-corrected chi connectivity index (χ1v) is 6.70. The number of epoxide rings is 1. The summed E-state index contributed by atoms with van der Waals surface area (Å²) in [5.41, 5.74) is -2.93. The molecule has 0 spiro atoms. The maximum atomic E-state index is 13.9. The van der Waals surface area contributed by atoms with Crippen molar-refractivity contribution in [1.82, 2.24) is 0 Å². The molecule has 122 valence electrons. The Bertz CT molecular complexity index is 743. The van der Waals surface area contributed by atoms with Crippen LogP contribution >= 0.6 is 0 Å². The van der Waals surface area contributed by atoms with E-state index in [1.54, 1.807) is 0 Å². The van der Waals surface area contributed by atoms with Crippen LogP contribution in [0, 0.1) is 11.6 Å². The molecule has 23 heavy (non-hydrogen) atoms. The lowest BCUT2D eigenvalue weighted by atomic mass is 9.90. The highest BCUT2D eigenvalue weighted by molar-refractivity contribution is 5.41. The second-order valence-electron chi connectivity index (χ2n) is 5.25. The van der Waals surface area contributed by atoms with E-state index in [-0.39, 0.29) is 11.1 Å². The van der Waals surface area contributed by atoms with Crippen molar-refractivity contribution in [1.29, 1.82) is 0 Å². The third kappa shape index (κ3) is 2.60. The summed E-state index contributed by atoms with van der Waals surface area (Å²) in [6.07, 6.45) is -5.77. The van der Waals surface area contributed by atoms with Crippen LogP contribution in [0.3, 0.4) is 0 Å². The SMILES string of the molecule is OCC1(c2ccc(F)cc2F)OC1c1ccccc1C(F)(F)F. The van der Waals surface area contributed by atoms with Crippen molar-refractivity contribution in [3.8, 4) is 0 Å². The van der Waals surface area contributed by atoms with E-state index in [1.165, 1.54) is 18.2 Å². The Kier molecular flexibility index (Phi) is 3.65. The molecule has 0 aromatic heterocycles. The van der Waals surface area contributed by atoms with Crippen LogP contribution in [0.4, 0.5) is 22.0 Å². The highest BCUT2D eigenvalue weighted by Crippen LogP contribution is 2.59. The van der Waals surface area contributed by atoms with Gasteiger partial charge in [0.05, 0.1) is 12.2 Å². The summed E-state index contributed by atoms with van der Waals surface area (Å²) in [7, 11) is 0. The summed E-state index contributed by atoms with van der Waals surface area (Å²) in [5.74, 6) is -1.81. The fourth-order valence-electron chi connectivity index (χ4n) is 2.72. The average Bonchev–Trinajstić information content (AvgIpc) is 3.22. The second-order valence-corrected chi connectivity index (χ2v) is 5.25. The van der Waals surface area contributed by atoms with Gasteiger partial charge in [-0.25, -0.2) is 8.78 Å². The highest BCUT2D eigenvalue weighted by atomic mass is 19.4. The number of hydrogen-bond donors (Lipinski definition) is 1. The number of alkyl halides is 3. The Hall–Kier alpha value is -1.99. The van der Waals surface area contributed by atoms with Crippen molar-refractivity contribution >= 4 is 0 Å². The topological polar surface area (TPSA) is 32.8 Å². The van der Waals surface area contributed by atoms with E-state index in [1.807, 2.05) is 0 Å². The average molecular weight is 330 g/mol. The molecule has 1 fully saturated rings. The van der Waals surface area contributed by atoms with Crippen LogP contribution in [0.15, 0.2) is 42.5 Å². The largest absolute Gasteiger partial charge is 0.416 e. The van der Waals surface area contributed by atoms with Crippen LogP contribution in [-0.2, 0) is 16.5 Å². The van der Waals surface area contributed by atoms with E-state index in [0.717, 1.165) is 18.2 Å². The van der Waals surface area contributed by atoms with Gasteiger partial charge in [0.2, 0.25) is 0 Å². The molecule has 2 aromatic carbocycles. The molecule has 7 heteroatoms. The Morgan fingerprint density at radius 1 is 1.09 bits per heavy atom. The summed E-state index contributed by atoms with van der Waals surface area (Å²) in [6.45, 7) is -0.730. The van der Waals surface area contributed by atoms with Crippen molar-refractivity contribution in [3.63, 3.8) is 0 Å². The van der Waals surface area contributed by atoms with Gasteiger partial charge in [0.15, 0.2) is 5.60 Å². The summed E-state index contributed by atoms with van der Waals surface area (Å²) in [5, 5.41) is 9.56. The van der Waals surface area contributed by atoms with Gasteiger partial charge in [-0.3, -0.25) is 0 Å². The number of hydrogen-bond acceptors (Lipinski definition) is 2. The van der Waals surface area contributed by atoms with Crippen molar-refractivity contribution in [3.05, 3.63) is 70.8 Å². The minimum Gasteiger partial charge on any atom is -0.393 e.